The second kappa shape index (κ2) is 7.30. The van der Waals surface area contributed by atoms with Gasteiger partial charge in [0.05, 0.1) is 12.3 Å². The third kappa shape index (κ3) is 4.48. The molecule has 0 fully saturated rings. The number of hydrogen-bond acceptors (Lipinski definition) is 7. The van der Waals surface area contributed by atoms with Crippen LogP contribution in [0.1, 0.15) is 13.8 Å². The quantitative estimate of drug-likeness (QED) is 0.618. The molecular weight excluding hydrogens is 286 g/mol. The minimum Gasteiger partial charge on any atom is -0.459 e. The topological polar surface area (TPSA) is 105 Å². The molecule has 1 aromatic carbocycles. The first-order valence-electron chi connectivity index (χ1n) is 7.02. The van der Waals surface area contributed by atoms with Crippen LogP contribution in [-0.4, -0.2) is 61.8 Å². The predicted octanol–water partition coefficient (Wildman–Crippen LogP) is -0.238. The van der Waals surface area contributed by atoms with Crippen molar-refractivity contribution < 1.29 is 14.9 Å². The highest BCUT2D eigenvalue weighted by Crippen LogP contribution is 2.12. The summed E-state index contributed by atoms with van der Waals surface area (Å²) in [5, 5.41) is 33.4. The molecule has 0 aliphatic rings. The number of aliphatic hydroxyl groups is 2. The fourth-order valence-corrected chi connectivity index (χ4v) is 1.68. The number of hydrogen-bond donors (Lipinski definition) is 3. The molecule has 2 rings (SSSR count). The molecule has 1 heterocycles. The van der Waals surface area contributed by atoms with Crippen LogP contribution >= 0.6 is 0 Å². The first-order valence-corrected chi connectivity index (χ1v) is 7.02. The third-order valence-corrected chi connectivity index (χ3v) is 3.06. The maximum Gasteiger partial charge on any atom is 0.340 e. The van der Waals surface area contributed by atoms with Crippen molar-refractivity contribution in [2.45, 2.75) is 25.5 Å². The second-order valence-corrected chi connectivity index (χ2v) is 5.60. The van der Waals surface area contributed by atoms with Gasteiger partial charge in [0.2, 0.25) is 0 Å². The second-order valence-electron chi connectivity index (χ2n) is 5.60. The SMILES string of the molecule is CC(C)(CO)NCC(O)COc1nnnn1-c1ccccc1. The van der Waals surface area contributed by atoms with Crippen molar-refractivity contribution in [1.82, 2.24) is 25.5 Å². The maximum absolute atomic E-state index is 9.92. The molecule has 1 unspecified atom stereocenters. The third-order valence-electron chi connectivity index (χ3n) is 3.06. The smallest absolute Gasteiger partial charge is 0.340 e. The van der Waals surface area contributed by atoms with Gasteiger partial charge in [-0.2, -0.15) is 4.68 Å². The van der Waals surface area contributed by atoms with Gasteiger partial charge < -0.3 is 20.3 Å². The van der Waals surface area contributed by atoms with Gasteiger partial charge in [-0.3, -0.25) is 0 Å². The Kier molecular flexibility index (Phi) is 5.42. The van der Waals surface area contributed by atoms with Gasteiger partial charge in [0.25, 0.3) is 0 Å². The van der Waals surface area contributed by atoms with Crippen LogP contribution in [0.3, 0.4) is 0 Å². The van der Waals surface area contributed by atoms with Gasteiger partial charge in [0.15, 0.2) is 0 Å². The van der Waals surface area contributed by atoms with Gasteiger partial charge in [-0.25, -0.2) is 0 Å². The lowest BCUT2D eigenvalue weighted by molar-refractivity contribution is 0.0854. The number of rotatable bonds is 8. The van der Waals surface area contributed by atoms with E-state index in [-0.39, 0.29) is 19.2 Å². The van der Waals surface area contributed by atoms with E-state index in [2.05, 4.69) is 20.8 Å². The summed E-state index contributed by atoms with van der Waals surface area (Å²) in [7, 11) is 0. The molecule has 8 nitrogen and oxygen atoms in total. The number of benzene rings is 1. The molecule has 0 radical (unpaired) electrons. The average molecular weight is 307 g/mol. The monoisotopic (exact) mass is 307 g/mol. The van der Waals surface area contributed by atoms with Crippen molar-refractivity contribution in [3.63, 3.8) is 0 Å². The summed E-state index contributed by atoms with van der Waals surface area (Å²) in [6.45, 7) is 4.00. The van der Waals surface area contributed by atoms with Crippen molar-refractivity contribution in [1.29, 1.82) is 0 Å². The first-order chi connectivity index (χ1) is 10.5. The van der Waals surface area contributed by atoms with Crippen LogP contribution in [0.15, 0.2) is 30.3 Å². The van der Waals surface area contributed by atoms with E-state index in [0.717, 1.165) is 5.69 Å². The molecular formula is C14H21N5O3. The molecule has 22 heavy (non-hydrogen) atoms. The summed E-state index contributed by atoms with van der Waals surface area (Å²) < 4.78 is 6.92. The van der Waals surface area contributed by atoms with Crippen molar-refractivity contribution in [3.05, 3.63) is 30.3 Å². The number of aromatic nitrogens is 4. The fraction of sp³-hybridized carbons (Fsp3) is 0.500. The average Bonchev–Trinajstić information content (AvgIpc) is 3.00. The minimum atomic E-state index is -0.744. The lowest BCUT2D eigenvalue weighted by Gasteiger charge is -2.25. The zero-order chi connectivity index (χ0) is 16.0. The Hall–Kier alpha value is -2.03. The van der Waals surface area contributed by atoms with Crippen LogP contribution < -0.4 is 10.1 Å². The zero-order valence-corrected chi connectivity index (χ0v) is 12.7. The summed E-state index contributed by atoms with van der Waals surface area (Å²) in [5.41, 5.74) is 0.323. The first kappa shape index (κ1) is 16.3. The van der Waals surface area contributed by atoms with Crippen LogP contribution in [0.5, 0.6) is 6.01 Å². The predicted molar refractivity (Wildman–Crippen MR) is 79.8 cm³/mol. The van der Waals surface area contributed by atoms with Crippen molar-refractivity contribution >= 4 is 0 Å². The van der Waals surface area contributed by atoms with E-state index in [4.69, 9.17) is 9.84 Å². The Bertz CT molecular complexity index is 573. The van der Waals surface area contributed by atoms with Crippen LogP contribution in [-0.2, 0) is 0 Å². The highest BCUT2D eigenvalue weighted by molar-refractivity contribution is 5.31. The zero-order valence-electron chi connectivity index (χ0n) is 12.7. The largest absolute Gasteiger partial charge is 0.459 e. The fourth-order valence-electron chi connectivity index (χ4n) is 1.68. The summed E-state index contributed by atoms with van der Waals surface area (Å²) in [6.07, 6.45) is -0.744. The van der Waals surface area contributed by atoms with E-state index in [1.807, 2.05) is 44.2 Å². The molecule has 2 aromatic rings. The number of β-amino-alcohol motifs (C(OH)–C–C–N with tert-alkyl or cyclic N) is 1. The number of nitrogens with one attached hydrogen (secondary N) is 1. The number of aliphatic hydroxyl groups excluding tert-OH is 2. The van der Waals surface area contributed by atoms with Crippen LogP contribution in [0.4, 0.5) is 0 Å². The van der Waals surface area contributed by atoms with Gasteiger partial charge in [-0.15, -0.1) is 0 Å². The molecule has 120 valence electrons. The summed E-state index contributed by atoms with van der Waals surface area (Å²) in [6, 6.07) is 9.56. The van der Waals surface area contributed by atoms with Crippen LogP contribution in [0.25, 0.3) is 5.69 Å². The van der Waals surface area contributed by atoms with E-state index >= 15 is 0 Å². The van der Waals surface area contributed by atoms with Gasteiger partial charge >= 0.3 is 6.01 Å². The highest BCUT2D eigenvalue weighted by Gasteiger charge is 2.18. The van der Waals surface area contributed by atoms with Gasteiger partial charge in [0, 0.05) is 12.1 Å². The van der Waals surface area contributed by atoms with Crippen LogP contribution in [0.2, 0.25) is 0 Å². The number of para-hydroxylation sites is 1. The van der Waals surface area contributed by atoms with E-state index in [0.29, 0.717) is 6.54 Å². The normalized spacial score (nSPS) is 13.1. The Morgan fingerprint density at radius 3 is 2.73 bits per heavy atom. The highest BCUT2D eigenvalue weighted by atomic mass is 16.5. The maximum atomic E-state index is 9.92. The molecule has 0 saturated heterocycles. The van der Waals surface area contributed by atoms with Crippen LogP contribution in [0, 0.1) is 0 Å². The Morgan fingerprint density at radius 2 is 2.05 bits per heavy atom. The Balaban J connectivity index is 1.89. The molecule has 0 spiro atoms. The summed E-state index contributed by atoms with van der Waals surface area (Å²) in [4.78, 5) is 0. The number of ether oxygens (including phenoxy) is 1. The number of tetrazole rings is 1. The number of nitrogens with zero attached hydrogens (tertiary/aromatic N) is 4. The molecule has 8 heteroatoms. The lowest BCUT2D eigenvalue weighted by Crippen LogP contribution is -2.47. The van der Waals surface area contributed by atoms with Crippen molar-refractivity contribution in [2.24, 2.45) is 0 Å². The molecule has 0 aliphatic heterocycles. The van der Waals surface area contributed by atoms with E-state index in [1.54, 1.807) is 0 Å². The standard InChI is InChI=1S/C14H21N5O3/c1-14(2,10-20)15-8-12(21)9-22-13-16-17-18-19(13)11-6-4-3-5-7-11/h3-7,12,15,20-21H,8-10H2,1-2H3. The van der Waals surface area contributed by atoms with E-state index in [9.17, 15) is 5.11 Å². The molecule has 0 saturated carbocycles. The Labute approximate surface area is 128 Å². The van der Waals surface area contributed by atoms with Crippen molar-refractivity contribution in [3.8, 4) is 11.7 Å². The minimum absolute atomic E-state index is 0.0210. The molecule has 0 aliphatic carbocycles. The van der Waals surface area contributed by atoms with Gasteiger partial charge in [-0.05, 0) is 36.4 Å². The lowest BCUT2D eigenvalue weighted by atomic mass is 10.1. The van der Waals surface area contributed by atoms with Gasteiger partial charge in [-0.1, -0.05) is 23.3 Å². The van der Waals surface area contributed by atoms with E-state index in [1.165, 1.54) is 4.68 Å². The molecule has 1 atom stereocenters. The molecule has 3 N–H and O–H groups in total. The van der Waals surface area contributed by atoms with Crippen molar-refractivity contribution in [2.75, 3.05) is 19.8 Å². The molecule has 1 aromatic heterocycles. The Morgan fingerprint density at radius 1 is 1.32 bits per heavy atom. The van der Waals surface area contributed by atoms with E-state index < -0.39 is 11.6 Å². The molecule has 0 amide bonds. The summed E-state index contributed by atoms with van der Waals surface area (Å²) >= 11 is 0. The summed E-state index contributed by atoms with van der Waals surface area (Å²) in [5.74, 6) is 0. The van der Waals surface area contributed by atoms with Gasteiger partial charge in [0.1, 0.15) is 12.7 Å². The molecule has 0 bridgehead atoms.